The van der Waals surface area contributed by atoms with Crippen LogP contribution in [-0.2, 0) is 10.2 Å². The highest BCUT2D eigenvalue weighted by Crippen LogP contribution is 2.21. The van der Waals surface area contributed by atoms with Crippen LogP contribution in [0.15, 0.2) is 29.4 Å². The predicted molar refractivity (Wildman–Crippen MR) is 79.2 cm³/mol. The first-order chi connectivity index (χ1) is 9.08. The number of nitrogens with two attached hydrogens (primary N) is 1. The van der Waals surface area contributed by atoms with Crippen LogP contribution in [0.2, 0.25) is 0 Å². The highest BCUT2D eigenvalue weighted by Gasteiger charge is 2.26. The standard InChI is InChI=1S/C12H20N4O3S/c1-12(2,3)15-20(18,19)16(4)10-8-6-5-7-9(10)11(13)14-17/h5-8,15,17H,1-4H3,(H2,13,14). The van der Waals surface area contributed by atoms with Gasteiger partial charge in [-0.15, -0.1) is 0 Å². The molecule has 20 heavy (non-hydrogen) atoms. The lowest BCUT2D eigenvalue weighted by molar-refractivity contribution is 0.318. The van der Waals surface area contributed by atoms with E-state index in [1.165, 1.54) is 7.05 Å². The SMILES string of the molecule is CN(c1ccccc1/C(N)=N/O)S(=O)(=O)NC(C)(C)C. The minimum absolute atomic E-state index is 0.154. The van der Waals surface area contributed by atoms with E-state index in [4.69, 9.17) is 10.9 Å². The zero-order valence-corrected chi connectivity index (χ0v) is 12.8. The van der Waals surface area contributed by atoms with Gasteiger partial charge in [0, 0.05) is 18.2 Å². The average molecular weight is 300 g/mol. The maximum atomic E-state index is 12.3. The van der Waals surface area contributed by atoms with E-state index in [0.717, 1.165) is 4.31 Å². The highest BCUT2D eigenvalue weighted by molar-refractivity contribution is 7.90. The molecular formula is C12H20N4O3S. The third kappa shape index (κ3) is 3.84. The lowest BCUT2D eigenvalue weighted by Gasteiger charge is -2.27. The van der Waals surface area contributed by atoms with Gasteiger partial charge in [-0.3, -0.25) is 4.31 Å². The van der Waals surface area contributed by atoms with E-state index in [1.54, 1.807) is 45.0 Å². The zero-order valence-electron chi connectivity index (χ0n) is 12.0. The molecule has 1 aromatic carbocycles. The summed E-state index contributed by atoms with van der Waals surface area (Å²) in [6.45, 7) is 5.23. The molecule has 7 nitrogen and oxygen atoms in total. The Balaban J connectivity index is 3.26. The van der Waals surface area contributed by atoms with E-state index in [0.29, 0.717) is 11.3 Å². The summed E-state index contributed by atoms with van der Waals surface area (Å²) in [5.41, 5.74) is 5.60. The van der Waals surface area contributed by atoms with E-state index in [2.05, 4.69) is 9.88 Å². The second kappa shape index (κ2) is 5.68. The molecule has 0 aromatic heterocycles. The molecule has 4 N–H and O–H groups in total. The Labute approximate surface area is 119 Å². The van der Waals surface area contributed by atoms with Crippen molar-refractivity contribution in [2.24, 2.45) is 10.9 Å². The summed E-state index contributed by atoms with van der Waals surface area (Å²) in [5.74, 6) is -0.154. The molecule has 0 aliphatic rings. The number of hydrogen-bond acceptors (Lipinski definition) is 4. The molecule has 1 rings (SSSR count). The van der Waals surface area contributed by atoms with Gasteiger partial charge in [0.2, 0.25) is 0 Å². The van der Waals surface area contributed by atoms with E-state index in [1.807, 2.05) is 0 Å². The van der Waals surface area contributed by atoms with Gasteiger partial charge in [0.05, 0.1) is 5.69 Å². The number of nitrogens with zero attached hydrogens (tertiary/aromatic N) is 2. The van der Waals surface area contributed by atoms with Crippen molar-refractivity contribution >= 4 is 21.7 Å². The van der Waals surface area contributed by atoms with Gasteiger partial charge in [0.1, 0.15) is 0 Å². The van der Waals surface area contributed by atoms with Crippen molar-refractivity contribution in [2.45, 2.75) is 26.3 Å². The molecule has 0 radical (unpaired) electrons. The van der Waals surface area contributed by atoms with Crippen LogP contribution in [0.25, 0.3) is 0 Å². The number of amidine groups is 1. The summed E-state index contributed by atoms with van der Waals surface area (Å²) in [6.07, 6.45) is 0. The van der Waals surface area contributed by atoms with Gasteiger partial charge in [-0.1, -0.05) is 17.3 Å². The van der Waals surface area contributed by atoms with Crippen molar-refractivity contribution in [3.63, 3.8) is 0 Å². The monoisotopic (exact) mass is 300 g/mol. The number of oxime groups is 1. The maximum absolute atomic E-state index is 12.3. The number of para-hydroxylation sites is 1. The van der Waals surface area contributed by atoms with Crippen LogP contribution in [0.1, 0.15) is 26.3 Å². The lowest BCUT2D eigenvalue weighted by atomic mass is 10.1. The zero-order chi connectivity index (χ0) is 15.6. The summed E-state index contributed by atoms with van der Waals surface area (Å²) in [5, 5.41) is 11.7. The summed E-state index contributed by atoms with van der Waals surface area (Å²) < 4.78 is 28.2. The second-order valence-electron chi connectivity index (χ2n) is 5.33. The van der Waals surface area contributed by atoms with Crippen molar-refractivity contribution in [1.29, 1.82) is 0 Å². The van der Waals surface area contributed by atoms with Gasteiger partial charge in [-0.2, -0.15) is 13.1 Å². The number of hydrogen-bond donors (Lipinski definition) is 3. The molecule has 0 saturated carbocycles. The number of nitrogens with one attached hydrogen (secondary N) is 1. The molecule has 0 bridgehead atoms. The second-order valence-corrected chi connectivity index (χ2v) is 7.03. The number of rotatable bonds is 4. The van der Waals surface area contributed by atoms with Crippen molar-refractivity contribution in [2.75, 3.05) is 11.4 Å². The van der Waals surface area contributed by atoms with Gasteiger partial charge in [0.25, 0.3) is 0 Å². The molecule has 0 amide bonds. The summed E-state index contributed by atoms with van der Waals surface area (Å²) in [6, 6.07) is 6.50. The third-order valence-corrected chi connectivity index (χ3v) is 4.21. The molecule has 0 spiro atoms. The minimum atomic E-state index is -3.74. The Hall–Kier alpha value is -1.80. The van der Waals surface area contributed by atoms with E-state index in [-0.39, 0.29) is 5.84 Å². The third-order valence-electron chi connectivity index (χ3n) is 2.42. The van der Waals surface area contributed by atoms with Crippen molar-refractivity contribution in [1.82, 2.24) is 4.72 Å². The van der Waals surface area contributed by atoms with Gasteiger partial charge >= 0.3 is 10.2 Å². The van der Waals surface area contributed by atoms with E-state index < -0.39 is 15.7 Å². The fraction of sp³-hybridized carbons (Fsp3) is 0.417. The van der Waals surface area contributed by atoms with Crippen LogP contribution < -0.4 is 14.8 Å². The normalized spacial score (nSPS) is 13.3. The van der Waals surface area contributed by atoms with Crippen molar-refractivity contribution in [3.8, 4) is 0 Å². The first-order valence-corrected chi connectivity index (χ1v) is 7.37. The quantitative estimate of drug-likeness (QED) is 0.331. The van der Waals surface area contributed by atoms with Gasteiger partial charge in [-0.05, 0) is 32.9 Å². The van der Waals surface area contributed by atoms with E-state index in [9.17, 15) is 8.42 Å². The highest BCUT2D eigenvalue weighted by atomic mass is 32.2. The van der Waals surface area contributed by atoms with Crippen LogP contribution in [0.3, 0.4) is 0 Å². The van der Waals surface area contributed by atoms with Crippen LogP contribution in [-0.4, -0.2) is 32.0 Å². The Bertz CT molecular complexity index is 605. The molecular weight excluding hydrogens is 280 g/mol. The fourth-order valence-electron chi connectivity index (χ4n) is 1.60. The topological polar surface area (TPSA) is 108 Å². The Morgan fingerprint density at radius 2 is 1.90 bits per heavy atom. The van der Waals surface area contributed by atoms with Gasteiger partial charge in [0.15, 0.2) is 5.84 Å². The smallest absolute Gasteiger partial charge is 0.301 e. The first kappa shape index (κ1) is 16.3. The molecule has 112 valence electrons. The van der Waals surface area contributed by atoms with Crippen LogP contribution in [0, 0.1) is 0 Å². The Kier molecular flexibility index (Phi) is 4.61. The summed E-state index contributed by atoms with van der Waals surface area (Å²) >= 11 is 0. The minimum Gasteiger partial charge on any atom is -0.409 e. The molecule has 0 aliphatic heterocycles. The Morgan fingerprint density at radius 1 is 1.35 bits per heavy atom. The van der Waals surface area contributed by atoms with Crippen molar-refractivity contribution < 1.29 is 13.6 Å². The summed E-state index contributed by atoms with van der Waals surface area (Å²) in [7, 11) is -2.34. The van der Waals surface area contributed by atoms with Crippen LogP contribution in [0.4, 0.5) is 5.69 Å². The van der Waals surface area contributed by atoms with Crippen molar-refractivity contribution in [3.05, 3.63) is 29.8 Å². The first-order valence-electron chi connectivity index (χ1n) is 5.93. The number of benzene rings is 1. The molecule has 8 heteroatoms. The molecule has 0 aliphatic carbocycles. The van der Waals surface area contributed by atoms with Gasteiger partial charge < -0.3 is 10.9 Å². The van der Waals surface area contributed by atoms with Crippen LogP contribution >= 0.6 is 0 Å². The molecule has 0 fully saturated rings. The molecule has 0 atom stereocenters. The summed E-state index contributed by atoms with van der Waals surface area (Å²) in [4.78, 5) is 0. The average Bonchev–Trinajstić information content (AvgIpc) is 2.34. The Morgan fingerprint density at radius 3 is 2.40 bits per heavy atom. The van der Waals surface area contributed by atoms with Crippen LogP contribution in [0.5, 0.6) is 0 Å². The van der Waals surface area contributed by atoms with Gasteiger partial charge in [-0.25, -0.2) is 0 Å². The molecule has 0 unspecified atom stereocenters. The largest absolute Gasteiger partial charge is 0.409 e. The molecule has 0 heterocycles. The predicted octanol–water partition coefficient (Wildman–Crippen LogP) is 0.850. The van der Waals surface area contributed by atoms with E-state index >= 15 is 0 Å². The fourth-order valence-corrected chi connectivity index (χ4v) is 2.93. The molecule has 1 aromatic rings. The maximum Gasteiger partial charge on any atom is 0.301 e. The lowest BCUT2D eigenvalue weighted by Crippen LogP contribution is -2.48. The number of anilines is 1. The molecule has 0 saturated heterocycles.